The maximum Gasteiger partial charge on any atom is 0.228 e. The third-order valence-electron chi connectivity index (χ3n) is 3.42. The van der Waals surface area contributed by atoms with Gasteiger partial charge >= 0.3 is 0 Å². The first kappa shape index (κ1) is 13.9. The van der Waals surface area contributed by atoms with Gasteiger partial charge in [0.1, 0.15) is 5.82 Å². The average Bonchev–Trinajstić information content (AvgIpc) is 2.56. The van der Waals surface area contributed by atoms with Gasteiger partial charge in [0.2, 0.25) is 11.8 Å². The molecule has 21 heavy (non-hydrogen) atoms. The maximum absolute atomic E-state index is 5.86. The number of anilines is 2. The molecule has 7 heteroatoms. The SMILES string of the molecule is COc1ccnc(N2CCN(c3ccc(Cl)cn3)CC2)n1. The van der Waals surface area contributed by atoms with Crippen molar-refractivity contribution in [3.8, 4) is 5.88 Å². The fourth-order valence-corrected chi connectivity index (χ4v) is 2.40. The first-order valence-electron chi connectivity index (χ1n) is 6.75. The fraction of sp³-hybridized carbons (Fsp3) is 0.357. The molecule has 0 saturated carbocycles. The normalized spacial score (nSPS) is 15.1. The van der Waals surface area contributed by atoms with E-state index in [0.29, 0.717) is 16.9 Å². The molecule has 0 atom stereocenters. The Morgan fingerprint density at radius 2 is 1.81 bits per heavy atom. The van der Waals surface area contributed by atoms with Gasteiger partial charge in [-0.05, 0) is 12.1 Å². The van der Waals surface area contributed by atoms with Crippen LogP contribution < -0.4 is 14.5 Å². The Hall–Kier alpha value is -2.08. The molecule has 0 unspecified atom stereocenters. The van der Waals surface area contributed by atoms with Gasteiger partial charge in [-0.3, -0.25) is 0 Å². The van der Waals surface area contributed by atoms with E-state index in [1.807, 2.05) is 12.1 Å². The van der Waals surface area contributed by atoms with Crippen LogP contribution in [-0.2, 0) is 0 Å². The number of halogens is 1. The number of ether oxygens (including phenoxy) is 1. The highest BCUT2D eigenvalue weighted by Gasteiger charge is 2.20. The van der Waals surface area contributed by atoms with Crippen LogP contribution in [0.1, 0.15) is 0 Å². The van der Waals surface area contributed by atoms with E-state index >= 15 is 0 Å². The van der Waals surface area contributed by atoms with E-state index in [-0.39, 0.29) is 0 Å². The topological polar surface area (TPSA) is 54.4 Å². The lowest BCUT2D eigenvalue weighted by Gasteiger charge is -2.35. The fourth-order valence-electron chi connectivity index (χ4n) is 2.29. The molecule has 0 bridgehead atoms. The first-order chi connectivity index (χ1) is 10.3. The summed E-state index contributed by atoms with van der Waals surface area (Å²) >= 11 is 5.86. The first-order valence-corrected chi connectivity index (χ1v) is 7.12. The largest absolute Gasteiger partial charge is 0.481 e. The molecule has 1 aliphatic heterocycles. The predicted octanol–water partition coefficient (Wildman–Crippen LogP) is 1.86. The Bertz CT molecular complexity index is 599. The summed E-state index contributed by atoms with van der Waals surface area (Å²) in [7, 11) is 1.61. The molecule has 0 spiro atoms. The molecule has 0 amide bonds. The highest BCUT2D eigenvalue weighted by Crippen LogP contribution is 2.19. The summed E-state index contributed by atoms with van der Waals surface area (Å²) in [5.41, 5.74) is 0. The Morgan fingerprint density at radius 1 is 1.05 bits per heavy atom. The van der Waals surface area contributed by atoms with Crippen LogP contribution in [0.5, 0.6) is 5.88 Å². The summed E-state index contributed by atoms with van der Waals surface area (Å²) in [5, 5.41) is 0.655. The van der Waals surface area contributed by atoms with E-state index in [1.165, 1.54) is 0 Å². The molecule has 1 fully saturated rings. The zero-order valence-corrected chi connectivity index (χ0v) is 12.5. The summed E-state index contributed by atoms with van der Waals surface area (Å²) in [4.78, 5) is 17.4. The quantitative estimate of drug-likeness (QED) is 0.863. The third kappa shape index (κ3) is 3.16. The van der Waals surface area contributed by atoms with Crippen molar-refractivity contribution in [3.05, 3.63) is 35.6 Å². The minimum Gasteiger partial charge on any atom is -0.481 e. The van der Waals surface area contributed by atoms with Crippen LogP contribution >= 0.6 is 11.6 Å². The van der Waals surface area contributed by atoms with Gasteiger partial charge in [-0.15, -0.1) is 0 Å². The van der Waals surface area contributed by atoms with Crippen LogP contribution in [0.15, 0.2) is 30.6 Å². The molecule has 6 nitrogen and oxygen atoms in total. The highest BCUT2D eigenvalue weighted by atomic mass is 35.5. The minimum atomic E-state index is 0.585. The number of aromatic nitrogens is 3. The van der Waals surface area contributed by atoms with Gasteiger partial charge < -0.3 is 14.5 Å². The van der Waals surface area contributed by atoms with Crippen LogP contribution in [0.4, 0.5) is 11.8 Å². The number of rotatable bonds is 3. The zero-order chi connectivity index (χ0) is 14.7. The van der Waals surface area contributed by atoms with Gasteiger partial charge in [-0.2, -0.15) is 4.98 Å². The highest BCUT2D eigenvalue weighted by molar-refractivity contribution is 6.30. The van der Waals surface area contributed by atoms with Crippen molar-refractivity contribution in [2.75, 3.05) is 43.1 Å². The zero-order valence-electron chi connectivity index (χ0n) is 11.7. The van der Waals surface area contributed by atoms with Crippen LogP contribution in [0, 0.1) is 0 Å². The Morgan fingerprint density at radius 3 is 2.48 bits per heavy atom. The van der Waals surface area contributed by atoms with Crippen LogP contribution in [0.2, 0.25) is 5.02 Å². The molecule has 2 aromatic heterocycles. The molecule has 0 aromatic carbocycles. The summed E-state index contributed by atoms with van der Waals surface area (Å²) in [6, 6.07) is 5.55. The van der Waals surface area contributed by atoms with E-state index in [1.54, 1.807) is 25.6 Å². The van der Waals surface area contributed by atoms with Crippen molar-refractivity contribution in [3.63, 3.8) is 0 Å². The van der Waals surface area contributed by atoms with Crippen LogP contribution in [-0.4, -0.2) is 48.2 Å². The van der Waals surface area contributed by atoms with E-state index < -0.39 is 0 Å². The third-order valence-corrected chi connectivity index (χ3v) is 3.65. The number of nitrogens with zero attached hydrogens (tertiary/aromatic N) is 5. The summed E-state index contributed by atoms with van der Waals surface area (Å²) in [6.45, 7) is 3.43. The summed E-state index contributed by atoms with van der Waals surface area (Å²) < 4.78 is 5.14. The van der Waals surface area contributed by atoms with Crippen molar-refractivity contribution in [2.45, 2.75) is 0 Å². The number of piperazine rings is 1. The van der Waals surface area contributed by atoms with Gasteiger partial charge in [-0.25, -0.2) is 9.97 Å². The smallest absolute Gasteiger partial charge is 0.228 e. The molecule has 1 saturated heterocycles. The standard InChI is InChI=1S/C14H16ClN5O/c1-21-13-4-5-16-14(18-13)20-8-6-19(7-9-20)12-3-2-11(15)10-17-12/h2-5,10H,6-9H2,1H3. The van der Waals surface area contributed by atoms with Gasteiger partial charge in [0.25, 0.3) is 0 Å². The van der Waals surface area contributed by atoms with Crippen molar-refractivity contribution in [1.82, 2.24) is 15.0 Å². The number of hydrogen-bond donors (Lipinski definition) is 0. The molecular weight excluding hydrogens is 290 g/mol. The molecule has 0 aliphatic carbocycles. The molecule has 1 aliphatic rings. The van der Waals surface area contributed by atoms with E-state index in [9.17, 15) is 0 Å². The lowest BCUT2D eigenvalue weighted by Crippen LogP contribution is -2.47. The van der Waals surface area contributed by atoms with Crippen molar-refractivity contribution in [1.29, 1.82) is 0 Å². The minimum absolute atomic E-state index is 0.585. The van der Waals surface area contributed by atoms with E-state index in [2.05, 4.69) is 24.8 Å². The Kier molecular flexibility index (Phi) is 4.06. The predicted molar refractivity (Wildman–Crippen MR) is 82.3 cm³/mol. The molecule has 2 aromatic rings. The van der Waals surface area contributed by atoms with Crippen molar-refractivity contribution in [2.24, 2.45) is 0 Å². The lowest BCUT2D eigenvalue weighted by atomic mass is 10.3. The lowest BCUT2D eigenvalue weighted by molar-refractivity contribution is 0.396. The molecule has 110 valence electrons. The average molecular weight is 306 g/mol. The molecule has 3 rings (SSSR count). The van der Waals surface area contributed by atoms with Crippen molar-refractivity contribution >= 4 is 23.4 Å². The summed E-state index contributed by atoms with van der Waals surface area (Å²) in [5.74, 6) is 2.24. The second-order valence-corrected chi connectivity index (χ2v) is 5.14. The van der Waals surface area contributed by atoms with E-state index in [0.717, 1.165) is 32.0 Å². The Labute approximate surface area is 128 Å². The van der Waals surface area contributed by atoms with Crippen LogP contribution in [0.25, 0.3) is 0 Å². The number of hydrogen-bond acceptors (Lipinski definition) is 6. The van der Waals surface area contributed by atoms with Gasteiger partial charge in [0.15, 0.2) is 0 Å². The molecule has 0 N–H and O–H groups in total. The molecule has 3 heterocycles. The number of pyridine rings is 1. The second-order valence-electron chi connectivity index (χ2n) is 4.71. The Balaban J connectivity index is 1.65. The second kappa shape index (κ2) is 6.13. The van der Waals surface area contributed by atoms with Gasteiger partial charge in [-0.1, -0.05) is 11.6 Å². The number of methoxy groups -OCH3 is 1. The molecular formula is C14H16ClN5O. The monoisotopic (exact) mass is 305 g/mol. The van der Waals surface area contributed by atoms with Gasteiger partial charge in [0.05, 0.1) is 12.1 Å². The molecule has 0 radical (unpaired) electrons. The van der Waals surface area contributed by atoms with Crippen LogP contribution in [0.3, 0.4) is 0 Å². The summed E-state index contributed by atoms with van der Waals surface area (Å²) in [6.07, 6.45) is 3.39. The van der Waals surface area contributed by atoms with Gasteiger partial charge in [0, 0.05) is 44.6 Å². The maximum atomic E-state index is 5.86. The van der Waals surface area contributed by atoms with Crippen molar-refractivity contribution < 1.29 is 4.74 Å². The van der Waals surface area contributed by atoms with E-state index in [4.69, 9.17) is 16.3 Å².